The second kappa shape index (κ2) is 9.85. The van der Waals surface area contributed by atoms with Crippen LogP contribution in [0.1, 0.15) is 13.3 Å². The van der Waals surface area contributed by atoms with Crippen LogP contribution in [0.5, 0.6) is 23.0 Å². The third-order valence-corrected chi connectivity index (χ3v) is 4.39. The van der Waals surface area contributed by atoms with Gasteiger partial charge in [0, 0.05) is 11.1 Å². The van der Waals surface area contributed by atoms with Crippen molar-refractivity contribution in [2.75, 3.05) is 12.4 Å². The highest BCUT2D eigenvalue weighted by atomic mass is 35.5. The molecule has 0 radical (unpaired) electrons. The number of ether oxygens (including phenoxy) is 3. The average Bonchev–Trinajstić information content (AvgIpc) is 2.74. The Morgan fingerprint density at radius 2 is 1.69 bits per heavy atom. The molecular weight excluding hydrogens is 390 g/mol. The summed E-state index contributed by atoms with van der Waals surface area (Å²) in [6, 6.07) is 21.5. The average molecular weight is 412 g/mol. The lowest BCUT2D eigenvalue weighted by Crippen LogP contribution is -2.32. The highest BCUT2D eigenvalue weighted by Gasteiger charge is 2.20. The van der Waals surface area contributed by atoms with Crippen LogP contribution >= 0.6 is 11.6 Å². The predicted molar refractivity (Wildman–Crippen MR) is 114 cm³/mol. The summed E-state index contributed by atoms with van der Waals surface area (Å²) in [6.45, 7) is 1.88. The molecule has 0 heterocycles. The van der Waals surface area contributed by atoms with Gasteiger partial charge in [0.05, 0.1) is 12.8 Å². The molecule has 3 aromatic carbocycles. The molecule has 1 unspecified atom stereocenters. The number of hydrogen-bond acceptors (Lipinski definition) is 4. The lowest BCUT2D eigenvalue weighted by Gasteiger charge is -2.19. The first kappa shape index (κ1) is 20.6. The Hall–Kier alpha value is -3.18. The summed E-state index contributed by atoms with van der Waals surface area (Å²) in [5, 5.41) is 3.36. The van der Waals surface area contributed by atoms with Gasteiger partial charge in [-0.15, -0.1) is 0 Å². The molecule has 29 heavy (non-hydrogen) atoms. The molecule has 0 spiro atoms. The molecule has 0 aliphatic heterocycles. The largest absolute Gasteiger partial charge is 0.497 e. The minimum Gasteiger partial charge on any atom is -0.497 e. The van der Waals surface area contributed by atoms with Crippen molar-refractivity contribution in [2.24, 2.45) is 0 Å². The maximum atomic E-state index is 12.9. The molecule has 1 amide bonds. The topological polar surface area (TPSA) is 56.8 Å². The Kier molecular flexibility index (Phi) is 6.98. The third-order valence-electron chi connectivity index (χ3n) is 4.15. The Morgan fingerprint density at radius 3 is 2.41 bits per heavy atom. The van der Waals surface area contributed by atoms with Gasteiger partial charge in [-0.25, -0.2) is 0 Å². The first-order valence-electron chi connectivity index (χ1n) is 9.23. The molecule has 6 heteroatoms. The number of anilines is 1. The summed E-state index contributed by atoms with van der Waals surface area (Å²) in [7, 11) is 1.58. The number of para-hydroxylation sites is 1. The molecular formula is C23H22ClNO4. The summed E-state index contributed by atoms with van der Waals surface area (Å²) < 4.78 is 17.0. The van der Waals surface area contributed by atoms with Gasteiger partial charge in [0.25, 0.3) is 5.91 Å². The van der Waals surface area contributed by atoms with Gasteiger partial charge < -0.3 is 19.5 Å². The fraction of sp³-hybridized carbons (Fsp3) is 0.174. The number of hydrogen-bond donors (Lipinski definition) is 1. The van der Waals surface area contributed by atoms with Crippen LogP contribution in [0.25, 0.3) is 0 Å². The highest BCUT2D eigenvalue weighted by Crippen LogP contribution is 2.32. The van der Waals surface area contributed by atoms with Gasteiger partial charge in [-0.05, 0) is 48.9 Å². The van der Waals surface area contributed by atoms with E-state index in [1.54, 1.807) is 37.4 Å². The molecule has 1 atom stereocenters. The first-order valence-corrected chi connectivity index (χ1v) is 9.61. The van der Waals surface area contributed by atoms with E-state index in [0.717, 1.165) is 0 Å². The fourth-order valence-electron chi connectivity index (χ4n) is 2.68. The maximum Gasteiger partial charge on any atom is 0.265 e. The normalized spacial score (nSPS) is 11.4. The van der Waals surface area contributed by atoms with Gasteiger partial charge in [0.2, 0.25) is 0 Å². The minimum absolute atomic E-state index is 0.296. The van der Waals surface area contributed by atoms with Crippen LogP contribution in [0, 0.1) is 0 Å². The van der Waals surface area contributed by atoms with Crippen molar-refractivity contribution in [3.8, 4) is 23.0 Å². The van der Waals surface area contributed by atoms with Gasteiger partial charge >= 0.3 is 0 Å². The maximum absolute atomic E-state index is 12.9. The van der Waals surface area contributed by atoms with E-state index in [0.29, 0.717) is 40.1 Å². The number of methoxy groups -OCH3 is 1. The van der Waals surface area contributed by atoms with Crippen LogP contribution < -0.4 is 19.5 Å². The summed E-state index contributed by atoms with van der Waals surface area (Å²) in [6.07, 6.45) is -0.205. The predicted octanol–water partition coefficient (Wildman–Crippen LogP) is 5.94. The minimum atomic E-state index is -0.689. The van der Waals surface area contributed by atoms with E-state index in [-0.39, 0.29) is 5.91 Å². The second-order valence-corrected chi connectivity index (χ2v) is 6.68. The molecule has 0 saturated heterocycles. The monoisotopic (exact) mass is 411 g/mol. The van der Waals surface area contributed by atoms with Crippen LogP contribution in [0.3, 0.4) is 0 Å². The van der Waals surface area contributed by atoms with Crippen LogP contribution in [0.4, 0.5) is 5.69 Å². The summed E-state index contributed by atoms with van der Waals surface area (Å²) in [5.74, 6) is 2.06. The van der Waals surface area contributed by atoms with E-state index in [2.05, 4.69) is 5.32 Å². The molecule has 3 aromatic rings. The Labute approximate surface area is 175 Å². The van der Waals surface area contributed by atoms with Crippen LogP contribution in [-0.4, -0.2) is 19.1 Å². The van der Waals surface area contributed by atoms with Gasteiger partial charge in [-0.2, -0.15) is 0 Å². The van der Waals surface area contributed by atoms with Crippen molar-refractivity contribution < 1.29 is 19.0 Å². The van der Waals surface area contributed by atoms with E-state index in [1.807, 2.05) is 49.4 Å². The van der Waals surface area contributed by atoms with Gasteiger partial charge in [0.15, 0.2) is 11.9 Å². The molecule has 3 rings (SSSR count). The lowest BCUT2D eigenvalue weighted by atomic mass is 10.2. The van der Waals surface area contributed by atoms with E-state index in [4.69, 9.17) is 25.8 Å². The van der Waals surface area contributed by atoms with Crippen molar-refractivity contribution in [3.63, 3.8) is 0 Å². The van der Waals surface area contributed by atoms with E-state index >= 15 is 0 Å². The molecule has 1 N–H and O–H groups in total. The smallest absolute Gasteiger partial charge is 0.265 e. The number of amides is 1. The van der Waals surface area contributed by atoms with Crippen LogP contribution in [-0.2, 0) is 4.79 Å². The van der Waals surface area contributed by atoms with Crippen molar-refractivity contribution in [1.82, 2.24) is 0 Å². The summed E-state index contributed by atoms with van der Waals surface area (Å²) in [4.78, 5) is 12.9. The summed E-state index contributed by atoms with van der Waals surface area (Å²) >= 11 is 6.13. The molecule has 150 valence electrons. The van der Waals surface area contributed by atoms with Crippen molar-refractivity contribution >= 4 is 23.2 Å². The number of nitrogens with one attached hydrogen (secondary N) is 1. The zero-order valence-corrected chi connectivity index (χ0v) is 17.0. The standard InChI is InChI=1S/C23H22ClNO4/c1-3-21(29-19-11-7-10-18(15-19)27-2)23(26)25-20-14-16(24)12-13-22(20)28-17-8-5-4-6-9-17/h4-15,21H,3H2,1-2H3,(H,25,26). The molecule has 5 nitrogen and oxygen atoms in total. The van der Waals surface area contributed by atoms with Crippen molar-refractivity contribution in [3.05, 3.63) is 77.8 Å². The summed E-state index contributed by atoms with van der Waals surface area (Å²) in [5.41, 5.74) is 0.471. The number of halogens is 1. The van der Waals surface area contributed by atoms with Gasteiger partial charge in [0.1, 0.15) is 17.2 Å². The third kappa shape index (κ3) is 5.65. The molecule has 0 fully saturated rings. The number of carbonyl (C=O) groups excluding carboxylic acids is 1. The molecule has 0 aliphatic rings. The zero-order valence-electron chi connectivity index (χ0n) is 16.2. The van der Waals surface area contributed by atoms with Crippen molar-refractivity contribution in [1.29, 1.82) is 0 Å². The van der Waals surface area contributed by atoms with Gasteiger partial charge in [-0.3, -0.25) is 4.79 Å². The SMILES string of the molecule is CCC(Oc1cccc(OC)c1)C(=O)Nc1cc(Cl)ccc1Oc1ccccc1. The second-order valence-electron chi connectivity index (χ2n) is 6.24. The van der Waals surface area contributed by atoms with E-state index < -0.39 is 6.10 Å². The van der Waals surface area contributed by atoms with E-state index in [9.17, 15) is 4.79 Å². The lowest BCUT2D eigenvalue weighted by molar-refractivity contribution is -0.122. The first-order chi connectivity index (χ1) is 14.1. The fourth-order valence-corrected chi connectivity index (χ4v) is 2.85. The van der Waals surface area contributed by atoms with E-state index in [1.165, 1.54) is 0 Å². The Morgan fingerprint density at radius 1 is 0.966 bits per heavy atom. The van der Waals surface area contributed by atoms with Crippen molar-refractivity contribution in [2.45, 2.75) is 19.4 Å². The van der Waals surface area contributed by atoms with Crippen LogP contribution in [0.15, 0.2) is 72.8 Å². The number of benzene rings is 3. The Bertz CT molecular complexity index is 962. The molecule has 0 bridgehead atoms. The number of rotatable bonds is 8. The highest BCUT2D eigenvalue weighted by molar-refractivity contribution is 6.31. The van der Waals surface area contributed by atoms with Crippen LogP contribution in [0.2, 0.25) is 5.02 Å². The quantitative estimate of drug-likeness (QED) is 0.498. The molecule has 0 saturated carbocycles. The molecule has 0 aliphatic carbocycles. The van der Waals surface area contributed by atoms with Gasteiger partial charge in [-0.1, -0.05) is 42.8 Å². The zero-order chi connectivity index (χ0) is 20.6. The number of carbonyl (C=O) groups is 1. The Balaban J connectivity index is 1.76. The molecule has 0 aromatic heterocycles.